The zero-order valence-corrected chi connectivity index (χ0v) is 14.0. The fourth-order valence-corrected chi connectivity index (χ4v) is 3.07. The van der Waals surface area contributed by atoms with Crippen LogP contribution in [0.3, 0.4) is 0 Å². The van der Waals surface area contributed by atoms with Gasteiger partial charge in [0, 0.05) is 34.7 Å². The lowest BCUT2D eigenvalue weighted by molar-refractivity contribution is -0.110. The molecule has 1 amide bonds. The van der Waals surface area contributed by atoms with E-state index in [4.69, 9.17) is 5.11 Å². The van der Waals surface area contributed by atoms with Gasteiger partial charge in [0.1, 0.15) is 0 Å². The van der Waals surface area contributed by atoms with E-state index in [0.29, 0.717) is 5.57 Å². The maximum absolute atomic E-state index is 12.4. The Hall–Kier alpha value is -3.09. The lowest BCUT2D eigenvalue weighted by atomic mass is 10.0. The molecule has 0 saturated carbocycles. The van der Waals surface area contributed by atoms with E-state index < -0.39 is 6.10 Å². The van der Waals surface area contributed by atoms with Crippen LogP contribution in [0.2, 0.25) is 0 Å². The number of aliphatic hydroxyl groups is 2. The van der Waals surface area contributed by atoms with Crippen LogP contribution in [-0.4, -0.2) is 40.4 Å². The SMILES string of the molecule is O=C1Nc2ccc(NCC(O)CO)cc2C1=Cc1cc2ccccc2[nH]1. The van der Waals surface area contributed by atoms with Crippen molar-refractivity contribution in [1.29, 1.82) is 0 Å². The molecule has 5 N–H and O–H groups in total. The smallest absolute Gasteiger partial charge is 0.256 e. The topological polar surface area (TPSA) is 97.4 Å². The molecule has 6 heteroatoms. The first kappa shape index (κ1) is 16.4. The second-order valence-electron chi connectivity index (χ2n) is 6.30. The second kappa shape index (κ2) is 6.67. The summed E-state index contributed by atoms with van der Waals surface area (Å²) >= 11 is 0. The third kappa shape index (κ3) is 3.08. The normalized spacial score (nSPS) is 15.9. The van der Waals surface area contributed by atoms with Crippen molar-refractivity contribution >= 4 is 39.8 Å². The summed E-state index contributed by atoms with van der Waals surface area (Å²) in [6.07, 6.45) is 1.01. The van der Waals surface area contributed by atoms with Crippen LogP contribution in [0.1, 0.15) is 11.3 Å². The number of H-pyrrole nitrogens is 1. The quantitative estimate of drug-likeness (QED) is 0.457. The van der Waals surface area contributed by atoms with Gasteiger partial charge in [-0.15, -0.1) is 0 Å². The highest BCUT2D eigenvalue weighted by molar-refractivity contribution is 6.35. The molecule has 4 rings (SSSR count). The number of aromatic nitrogens is 1. The number of amides is 1. The lowest BCUT2D eigenvalue weighted by Gasteiger charge is -2.11. The number of hydrogen-bond acceptors (Lipinski definition) is 4. The van der Waals surface area contributed by atoms with Crippen molar-refractivity contribution in [2.24, 2.45) is 0 Å². The molecule has 1 aliphatic heterocycles. The van der Waals surface area contributed by atoms with E-state index in [1.54, 1.807) is 0 Å². The minimum Gasteiger partial charge on any atom is -0.394 e. The van der Waals surface area contributed by atoms with Crippen LogP contribution in [0.15, 0.2) is 48.5 Å². The summed E-state index contributed by atoms with van der Waals surface area (Å²) in [7, 11) is 0. The van der Waals surface area contributed by atoms with Crippen LogP contribution in [0.4, 0.5) is 11.4 Å². The first-order valence-corrected chi connectivity index (χ1v) is 8.42. The molecule has 2 heterocycles. The highest BCUT2D eigenvalue weighted by Gasteiger charge is 2.24. The molecule has 6 nitrogen and oxygen atoms in total. The van der Waals surface area contributed by atoms with Gasteiger partial charge in [-0.05, 0) is 41.8 Å². The van der Waals surface area contributed by atoms with Gasteiger partial charge in [-0.1, -0.05) is 18.2 Å². The summed E-state index contributed by atoms with van der Waals surface area (Å²) in [6, 6.07) is 15.5. The monoisotopic (exact) mass is 349 g/mol. The Labute approximate surface area is 150 Å². The van der Waals surface area contributed by atoms with Crippen LogP contribution in [-0.2, 0) is 4.79 Å². The van der Waals surface area contributed by atoms with Gasteiger partial charge in [-0.25, -0.2) is 0 Å². The van der Waals surface area contributed by atoms with Crippen molar-refractivity contribution in [3.05, 3.63) is 59.8 Å². The van der Waals surface area contributed by atoms with Gasteiger partial charge in [0.25, 0.3) is 5.91 Å². The molecule has 132 valence electrons. The molecule has 0 aliphatic carbocycles. The maximum Gasteiger partial charge on any atom is 0.256 e. The van der Waals surface area contributed by atoms with Crippen LogP contribution in [0.25, 0.3) is 22.6 Å². The zero-order chi connectivity index (χ0) is 18.1. The number of aromatic amines is 1. The third-order valence-electron chi connectivity index (χ3n) is 4.41. The molecular formula is C20H19N3O3. The summed E-state index contributed by atoms with van der Waals surface area (Å²) in [5.41, 5.74) is 4.79. The maximum atomic E-state index is 12.4. The summed E-state index contributed by atoms with van der Waals surface area (Å²) in [4.78, 5) is 15.7. The zero-order valence-electron chi connectivity index (χ0n) is 14.0. The standard InChI is InChI=1S/C20H19N3O3/c24-11-15(25)10-21-13-5-6-19-16(8-13)17(20(26)23-19)9-14-7-12-3-1-2-4-18(12)22-14/h1-9,15,21-22,24-25H,10-11H2,(H,23,26). The van der Waals surface area contributed by atoms with E-state index in [1.165, 1.54) is 0 Å². The number of para-hydroxylation sites is 1. The number of benzene rings is 2. The molecule has 2 aromatic carbocycles. The predicted octanol–water partition coefficient (Wildman–Crippen LogP) is 2.43. The summed E-state index contributed by atoms with van der Waals surface area (Å²) in [5, 5.41) is 25.4. The van der Waals surface area contributed by atoms with E-state index >= 15 is 0 Å². The minimum atomic E-state index is -0.829. The van der Waals surface area contributed by atoms with Crippen molar-refractivity contribution < 1.29 is 15.0 Å². The average Bonchev–Trinajstić information content (AvgIpc) is 3.20. The van der Waals surface area contributed by atoms with Crippen molar-refractivity contribution in [2.75, 3.05) is 23.8 Å². The molecule has 0 bridgehead atoms. The predicted molar refractivity (Wildman–Crippen MR) is 103 cm³/mol. The Morgan fingerprint density at radius 2 is 2.00 bits per heavy atom. The number of hydrogen-bond donors (Lipinski definition) is 5. The third-order valence-corrected chi connectivity index (χ3v) is 4.41. The van der Waals surface area contributed by atoms with E-state index in [-0.39, 0.29) is 19.1 Å². The van der Waals surface area contributed by atoms with Crippen LogP contribution in [0, 0.1) is 0 Å². The van der Waals surface area contributed by atoms with E-state index in [2.05, 4.69) is 15.6 Å². The number of carbonyl (C=O) groups is 1. The van der Waals surface area contributed by atoms with Gasteiger partial charge >= 0.3 is 0 Å². The summed E-state index contributed by atoms with van der Waals surface area (Å²) in [5.74, 6) is -0.147. The number of rotatable bonds is 5. The Kier molecular flexibility index (Phi) is 4.20. The fraction of sp³-hybridized carbons (Fsp3) is 0.150. The number of nitrogens with one attached hydrogen (secondary N) is 3. The first-order chi connectivity index (χ1) is 12.6. The Balaban J connectivity index is 1.67. The van der Waals surface area contributed by atoms with Crippen molar-refractivity contribution in [3.63, 3.8) is 0 Å². The van der Waals surface area contributed by atoms with Crippen molar-refractivity contribution in [3.8, 4) is 0 Å². The summed E-state index contributed by atoms with van der Waals surface area (Å²) in [6.45, 7) is -0.0682. The molecule has 1 aliphatic rings. The highest BCUT2D eigenvalue weighted by Crippen LogP contribution is 2.35. The lowest BCUT2D eigenvalue weighted by Crippen LogP contribution is -2.22. The molecule has 0 saturated heterocycles. The van der Waals surface area contributed by atoms with Gasteiger partial charge in [-0.3, -0.25) is 4.79 Å². The molecule has 0 radical (unpaired) electrons. The first-order valence-electron chi connectivity index (χ1n) is 8.42. The van der Waals surface area contributed by atoms with Crippen LogP contribution < -0.4 is 10.6 Å². The fourth-order valence-electron chi connectivity index (χ4n) is 3.07. The number of aliphatic hydroxyl groups excluding tert-OH is 2. The van der Waals surface area contributed by atoms with Crippen molar-refractivity contribution in [1.82, 2.24) is 4.98 Å². The molecular weight excluding hydrogens is 330 g/mol. The van der Waals surface area contributed by atoms with Crippen LogP contribution >= 0.6 is 0 Å². The minimum absolute atomic E-state index is 0.147. The van der Waals surface area contributed by atoms with Gasteiger partial charge < -0.3 is 25.8 Å². The number of carbonyl (C=O) groups excluding carboxylic acids is 1. The Bertz CT molecular complexity index is 973. The van der Waals surface area contributed by atoms with Gasteiger partial charge in [0.15, 0.2) is 0 Å². The van der Waals surface area contributed by atoms with Gasteiger partial charge in [0.2, 0.25) is 0 Å². The van der Waals surface area contributed by atoms with E-state index in [1.807, 2.05) is 54.6 Å². The molecule has 1 unspecified atom stereocenters. The molecule has 3 aromatic rings. The molecule has 0 spiro atoms. The second-order valence-corrected chi connectivity index (χ2v) is 6.30. The average molecular weight is 349 g/mol. The molecule has 1 atom stereocenters. The number of anilines is 2. The largest absolute Gasteiger partial charge is 0.394 e. The van der Waals surface area contributed by atoms with Crippen LogP contribution in [0.5, 0.6) is 0 Å². The molecule has 1 aromatic heterocycles. The van der Waals surface area contributed by atoms with Gasteiger partial charge in [0.05, 0.1) is 18.3 Å². The molecule has 26 heavy (non-hydrogen) atoms. The summed E-state index contributed by atoms with van der Waals surface area (Å²) < 4.78 is 0. The molecule has 0 fully saturated rings. The van der Waals surface area contributed by atoms with E-state index in [9.17, 15) is 9.90 Å². The van der Waals surface area contributed by atoms with Gasteiger partial charge in [-0.2, -0.15) is 0 Å². The Morgan fingerprint density at radius 3 is 2.81 bits per heavy atom. The Morgan fingerprint density at radius 1 is 1.15 bits per heavy atom. The number of fused-ring (bicyclic) bond motifs is 2. The van der Waals surface area contributed by atoms with Crippen molar-refractivity contribution in [2.45, 2.75) is 6.10 Å². The highest BCUT2D eigenvalue weighted by atomic mass is 16.3. The van der Waals surface area contributed by atoms with E-state index in [0.717, 1.165) is 33.5 Å².